The summed E-state index contributed by atoms with van der Waals surface area (Å²) in [7, 11) is 0. The third kappa shape index (κ3) is 6.39. The average Bonchev–Trinajstić information content (AvgIpc) is 2.88. The molecule has 4 rings (SSSR count). The van der Waals surface area contributed by atoms with E-state index in [0.29, 0.717) is 32.0 Å². The molecule has 2 aromatic heterocycles. The van der Waals surface area contributed by atoms with Gasteiger partial charge in [-0.15, -0.1) is 10.2 Å². The van der Waals surface area contributed by atoms with Crippen molar-refractivity contribution in [2.75, 3.05) is 42.9 Å². The number of hydrogen-bond acceptors (Lipinski definition) is 8. The molecule has 0 saturated carbocycles. The van der Waals surface area contributed by atoms with Gasteiger partial charge in [-0.05, 0) is 29.8 Å². The maximum Gasteiger partial charge on any atom is 0.407 e. The molecule has 1 aliphatic rings. The van der Waals surface area contributed by atoms with E-state index in [1.165, 1.54) is 0 Å². The van der Waals surface area contributed by atoms with E-state index >= 15 is 0 Å². The molecule has 170 valence electrons. The first-order valence-corrected chi connectivity index (χ1v) is 10.7. The third-order valence-electron chi connectivity index (χ3n) is 5.14. The molecule has 1 aromatic carbocycles. The van der Waals surface area contributed by atoms with E-state index in [9.17, 15) is 9.59 Å². The molecule has 2 N–H and O–H groups in total. The number of piperazine rings is 1. The number of ether oxygens (including phenoxy) is 1. The van der Waals surface area contributed by atoms with Gasteiger partial charge in [-0.25, -0.2) is 4.79 Å². The minimum atomic E-state index is -0.610. The normalized spacial score (nSPS) is 13.3. The fourth-order valence-electron chi connectivity index (χ4n) is 3.36. The number of anilines is 3. The number of aromatic nitrogens is 3. The van der Waals surface area contributed by atoms with Crippen molar-refractivity contribution in [3.8, 4) is 0 Å². The molecule has 0 spiro atoms. The molecular weight excluding hydrogens is 422 g/mol. The summed E-state index contributed by atoms with van der Waals surface area (Å²) in [6.07, 6.45) is 2.81. The molecule has 1 saturated heterocycles. The summed E-state index contributed by atoms with van der Waals surface area (Å²) in [5.74, 6) is 1.24. The number of pyridine rings is 1. The Morgan fingerprint density at radius 2 is 1.76 bits per heavy atom. The van der Waals surface area contributed by atoms with Gasteiger partial charge in [0.15, 0.2) is 11.6 Å². The molecule has 0 aliphatic carbocycles. The number of carbonyl (C=O) groups excluding carboxylic acids is 2. The molecule has 0 atom stereocenters. The zero-order valence-corrected chi connectivity index (χ0v) is 18.1. The summed E-state index contributed by atoms with van der Waals surface area (Å²) in [4.78, 5) is 32.1. The molecule has 1 aliphatic heterocycles. The van der Waals surface area contributed by atoms with Crippen molar-refractivity contribution in [2.45, 2.75) is 6.61 Å². The first kappa shape index (κ1) is 22.0. The first-order chi connectivity index (χ1) is 16.2. The molecule has 0 unspecified atom stereocenters. The Bertz CT molecular complexity index is 1040. The third-order valence-corrected chi connectivity index (χ3v) is 5.14. The topological polar surface area (TPSA) is 113 Å². The van der Waals surface area contributed by atoms with Gasteiger partial charge in [0.25, 0.3) is 0 Å². The van der Waals surface area contributed by atoms with Crippen LogP contribution in [0, 0.1) is 0 Å². The van der Waals surface area contributed by atoms with E-state index in [1.807, 2.05) is 54.6 Å². The van der Waals surface area contributed by atoms with Crippen LogP contribution < -0.4 is 15.5 Å². The van der Waals surface area contributed by atoms with Crippen molar-refractivity contribution in [1.82, 2.24) is 25.4 Å². The Labute approximate surface area is 191 Å². The maximum atomic E-state index is 12.4. The van der Waals surface area contributed by atoms with Gasteiger partial charge in [0.1, 0.15) is 13.2 Å². The zero-order valence-electron chi connectivity index (χ0n) is 18.1. The van der Waals surface area contributed by atoms with E-state index in [0.717, 1.165) is 17.1 Å². The molecule has 2 amide bonds. The van der Waals surface area contributed by atoms with Crippen LogP contribution in [-0.4, -0.2) is 64.8 Å². The summed E-state index contributed by atoms with van der Waals surface area (Å²) >= 11 is 0. The van der Waals surface area contributed by atoms with E-state index < -0.39 is 6.09 Å². The summed E-state index contributed by atoms with van der Waals surface area (Å²) < 4.78 is 5.13. The lowest BCUT2D eigenvalue weighted by molar-refractivity contribution is -0.130. The molecule has 0 radical (unpaired) electrons. The molecule has 1 fully saturated rings. The molecule has 0 bridgehead atoms. The fraction of sp³-hybridized carbons (Fsp3) is 0.261. The van der Waals surface area contributed by atoms with Crippen molar-refractivity contribution in [3.05, 3.63) is 72.6 Å². The smallest absolute Gasteiger partial charge is 0.407 e. The van der Waals surface area contributed by atoms with Crippen LogP contribution in [-0.2, 0) is 16.1 Å². The Kier molecular flexibility index (Phi) is 7.26. The summed E-state index contributed by atoms with van der Waals surface area (Å²) in [6.45, 7) is 2.41. The van der Waals surface area contributed by atoms with E-state index in [-0.39, 0.29) is 19.1 Å². The minimum absolute atomic E-state index is 0.0951. The number of alkyl carbamates (subject to hydrolysis) is 1. The SMILES string of the molecule is O=C(NCC(=O)N1CCN(c2ccc(Nc3cccnc3)nn2)CC1)OCc1ccccc1. The van der Waals surface area contributed by atoms with Crippen molar-refractivity contribution in [2.24, 2.45) is 0 Å². The highest BCUT2D eigenvalue weighted by molar-refractivity contribution is 5.82. The minimum Gasteiger partial charge on any atom is -0.445 e. The lowest BCUT2D eigenvalue weighted by atomic mass is 10.2. The van der Waals surface area contributed by atoms with Crippen LogP contribution in [0.2, 0.25) is 0 Å². The molecule has 3 aromatic rings. The number of hydrogen-bond donors (Lipinski definition) is 2. The van der Waals surface area contributed by atoms with Crippen LogP contribution in [0.15, 0.2) is 67.0 Å². The Balaban J connectivity index is 1.18. The van der Waals surface area contributed by atoms with E-state index in [2.05, 4.69) is 30.7 Å². The predicted molar refractivity (Wildman–Crippen MR) is 123 cm³/mol. The van der Waals surface area contributed by atoms with Crippen molar-refractivity contribution in [3.63, 3.8) is 0 Å². The highest BCUT2D eigenvalue weighted by Gasteiger charge is 2.22. The number of carbonyl (C=O) groups is 2. The standard InChI is InChI=1S/C23H25N7O3/c31-22(16-25-23(32)33-17-18-5-2-1-3-6-18)30-13-11-29(12-14-30)21-9-8-20(27-28-21)26-19-7-4-10-24-15-19/h1-10,15H,11-14,16-17H2,(H,25,32)(H,26,27). The van der Waals surface area contributed by atoms with Crippen LogP contribution in [0.1, 0.15) is 5.56 Å². The number of rotatable bonds is 7. The average molecular weight is 447 g/mol. The van der Waals surface area contributed by atoms with Crippen LogP contribution >= 0.6 is 0 Å². The number of amides is 2. The van der Waals surface area contributed by atoms with Gasteiger partial charge >= 0.3 is 6.09 Å². The van der Waals surface area contributed by atoms with Gasteiger partial charge in [-0.1, -0.05) is 30.3 Å². The van der Waals surface area contributed by atoms with Crippen LogP contribution in [0.4, 0.5) is 22.1 Å². The Morgan fingerprint density at radius 1 is 0.939 bits per heavy atom. The van der Waals surface area contributed by atoms with Crippen molar-refractivity contribution < 1.29 is 14.3 Å². The molecule has 33 heavy (non-hydrogen) atoms. The summed E-state index contributed by atoms with van der Waals surface area (Å²) in [6, 6.07) is 16.9. The van der Waals surface area contributed by atoms with Gasteiger partial charge in [-0.2, -0.15) is 0 Å². The fourth-order valence-corrected chi connectivity index (χ4v) is 3.36. The molecular formula is C23H25N7O3. The van der Waals surface area contributed by atoms with Crippen LogP contribution in [0.5, 0.6) is 0 Å². The van der Waals surface area contributed by atoms with Crippen LogP contribution in [0.25, 0.3) is 0 Å². The Hall–Kier alpha value is -4.21. The second-order valence-electron chi connectivity index (χ2n) is 7.43. The highest BCUT2D eigenvalue weighted by Crippen LogP contribution is 2.17. The molecule has 10 nitrogen and oxygen atoms in total. The van der Waals surface area contributed by atoms with Gasteiger partial charge in [0.2, 0.25) is 5.91 Å². The second kappa shape index (κ2) is 10.9. The first-order valence-electron chi connectivity index (χ1n) is 10.7. The molecule has 3 heterocycles. The number of benzene rings is 1. The lowest BCUT2D eigenvalue weighted by Crippen LogP contribution is -2.51. The predicted octanol–water partition coefficient (Wildman–Crippen LogP) is 2.19. The maximum absolute atomic E-state index is 12.4. The largest absolute Gasteiger partial charge is 0.445 e. The van der Waals surface area contributed by atoms with Crippen molar-refractivity contribution >= 4 is 29.3 Å². The van der Waals surface area contributed by atoms with E-state index in [1.54, 1.807) is 17.3 Å². The monoisotopic (exact) mass is 447 g/mol. The lowest BCUT2D eigenvalue weighted by Gasteiger charge is -2.35. The Morgan fingerprint density at radius 3 is 2.45 bits per heavy atom. The molecule has 10 heteroatoms. The summed E-state index contributed by atoms with van der Waals surface area (Å²) in [5, 5.41) is 14.2. The quantitative estimate of drug-likeness (QED) is 0.567. The number of nitrogens with zero attached hydrogens (tertiary/aromatic N) is 5. The number of nitrogens with one attached hydrogen (secondary N) is 2. The zero-order chi connectivity index (χ0) is 22.9. The van der Waals surface area contributed by atoms with Gasteiger partial charge in [0.05, 0.1) is 11.9 Å². The van der Waals surface area contributed by atoms with Gasteiger partial charge in [0, 0.05) is 32.4 Å². The van der Waals surface area contributed by atoms with Gasteiger partial charge in [-0.3, -0.25) is 9.78 Å². The summed E-state index contributed by atoms with van der Waals surface area (Å²) in [5.41, 5.74) is 1.73. The highest BCUT2D eigenvalue weighted by atomic mass is 16.5. The van der Waals surface area contributed by atoms with E-state index in [4.69, 9.17) is 4.74 Å². The second-order valence-corrected chi connectivity index (χ2v) is 7.43. The van der Waals surface area contributed by atoms with Crippen molar-refractivity contribution in [1.29, 1.82) is 0 Å². The van der Waals surface area contributed by atoms with Gasteiger partial charge < -0.3 is 25.2 Å². The van der Waals surface area contributed by atoms with Crippen LogP contribution in [0.3, 0.4) is 0 Å².